The Kier molecular flexibility index (Phi) is 6.98. The van der Waals surface area contributed by atoms with Crippen LogP contribution in [0.4, 0.5) is 0 Å². The van der Waals surface area contributed by atoms with Crippen LogP contribution < -0.4 is 0 Å². The average Bonchev–Trinajstić information content (AvgIpc) is 3.47. The molecule has 156 valence electrons. The molecule has 0 aliphatic carbocycles. The highest BCUT2D eigenvalue weighted by Crippen LogP contribution is 2.38. The zero-order valence-corrected chi connectivity index (χ0v) is 16.5. The molecule has 0 unspecified atom stereocenters. The van der Waals surface area contributed by atoms with Crippen molar-refractivity contribution in [2.45, 2.75) is 18.6 Å². The molecule has 30 heavy (non-hydrogen) atoms. The SMILES string of the molecule is CC(=O)OC[C@@]1(COC(=O)c2ccccc2)O[C@H]1C=CCOC(=O)c1ccccc1. The number of carbonyl (C=O) groups excluding carboxylic acids is 3. The van der Waals surface area contributed by atoms with Crippen LogP contribution in [0.2, 0.25) is 0 Å². The van der Waals surface area contributed by atoms with E-state index in [2.05, 4.69) is 0 Å². The lowest BCUT2D eigenvalue weighted by atomic mass is 10.1. The molecular weight excluding hydrogens is 388 g/mol. The first-order valence-corrected chi connectivity index (χ1v) is 9.42. The van der Waals surface area contributed by atoms with E-state index >= 15 is 0 Å². The second-order valence-corrected chi connectivity index (χ2v) is 6.72. The zero-order valence-electron chi connectivity index (χ0n) is 16.5. The maximum absolute atomic E-state index is 12.2. The van der Waals surface area contributed by atoms with Crippen molar-refractivity contribution in [2.24, 2.45) is 0 Å². The van der Waals surface area contributed by atoms with Gasteiger partial charge in [0.25, 0.3) is 0 Å². The number of epoxide rings is 1. The van der Waals surface area contributed by atoms with E-state index < -0.39 is 29.6 Å². The Morgan fingerprint density at radius 2 is 1.40 bits per heavy atom. The fourth-order valence-electron chi connectivity index (χ4n) is 2.74. The highest BCUT2D eigenvalue weighted by atomic mass is 16.7. The van der Waals surface area contributed by atoms with E-state index in [0.717, 1.165) is 0 Å². The van der Waals surface area contributed by atoms with Crippen LogP contribution in [0.3, 0.4) is 0 Å². The maximum Gasteiger partial charge on any atom is 0.338 e. The van der Waals surface area contributed by atoms with Crippen LogP contribution in [0, 0.1) is 0 Å². The Labute approximate surface area is 174 Å². The molecular formula is C23H22O7. The molecule has 0 saturated carbocycles. The molecule has 7 heteroatoms. The molecule has 7 nitrogen and oxygen atoms in total. The molecule has 2 atom stereocenters. The summed E-state index contributed by atoms with van der Waals surface area (Å²) in [5, 5.41) is 0. The predicted molar refractivity (Wildman–Crippen MR) is 107 cm³/mol. The summed E-state index contributed by atoms with van der Waals surface area (Å²) >= 11 is 0. The summed E-state index contributed by atoms with van der Waals surface area (Å²) < 4.78 is 21.2. The standard InChI is InChI=1S/C23H22O7/c1-17(24)28-15-23(16-29-22(26)19-11-6-3-7-12-19)20(30-23)13-8-14-27-21(25)18-9-4-2-5-10-18/h2-13,20H,14-16H2,1H3/t20-,23-/m0/s1. The first-order valence-electron chi connectivity index (χ1n) is 9.42. The second kappa shape index (κ2) is 9.84. The summed E-state index contributed by atoms with van der Waals surface area (Å²) in [5.41, 5.74) is -0.0675. The lowest BCUT2D eigenvalue weighted by Crippen LogP contribution is -2.31. The molecule has 0 N–H and O–H groups in total. The van der Waals surface area contributed by atoms with Gasteiger partial charge in [0, 0.05) is 6.92 Å². The van der Waals surface area contributed by atoms with E-state index in [1.165, 1.54) is 6.92 Å². The lowest BCUT2D eigenvalue weighted by Gasteiger charge is -2.13. The molecule has 1 aliphatic heterocycles. The molecule has 0 amide bonds. The monoisotopic (exact) mass is 410 g/mol. The fourth-order valence-corrected chi connectivity index (χ4v) is 2.74. The van der Waals surface area contributed by atoms with Gasteiger partial charge in [-0.05, 0) is 30.3 Å². The minimum absolute atomic E-state index is 0.0524. The van der Waals surface area contributed by atoms with Crippen LogP contribution in [0.1, 0.15) is 27.6 Å². The number of rotatable bonds is 9. The topological polar surface area (TPSA) is 91.4 Å². The van der Waals surface area contributed by atoms with E-state index in [4.69, 9.17) is 18.9 Å². The molecule has 0 spiro atoms. The third-order valence-corrected chi connectivity index (χ3v) is 4.43. The predicted octanol–water partition coefficient (Wildman–Crippen LogP) is 2.96. The summed E-state index contributed by atoms with van der Waals surface area (Å²) in [6.45, 7) is 1.22. The summed E-state index contributed by atoms with van der Waals surface area (Å²) in [4.78, 5) is 35.3. The Hall–Kier alpha value is -3.45. The molecule has 1 heterocycles. The molecule has 3 rings (SSSR count). The number of ether oxygens (including phenoxy) is 4. The van der Waals surface area contributed by atoms with Crippen LogP contribution in [0.15, 0.2) is 72.8 Å². The van der Waals surface area contributed by atoms with Crippen LogP contribution in [0.25, 0.3) is 0 Å². The second-order valence-electron chi connectivity index (χ2n) is 6.72. The molecule has 0 aromatic heterocycles. The number of hydrogen-bond donors (Lipinski definition) is 0. The molecule has 1 fully saturated rings. The van der Waals surface area contributed by atoms with Gasteiger partial charge in [-0.3, -0.25) is 4.79 Å². The van der Waals surface area contributed by atoms with Crippen molar-refractivity contribution in [3.63, 3.8) is 0 Å². The molecule has 1 saturated heterocycles. The van der Waals surface area contributed by atoms with Crippen LogP contribution in [-0.4, -0.2) is 49.4 Å². The number of benzene rings is 2. The minimum Gasteiger partial charge on any atom is -0.463 e. The summed E-state index contributed by atoms with van der Waals surface area (Å²) in [7, 11) is 0. The van der Waals surface area contributed by atoms with Gasteiger partial charge in [-0.15, -0.1) is 0 Å². The first-order chi connectivity index (χ1) is 14.5. The highest BCUT2D eigenvalue weighted by Gasteiger charge is 2.57. The van der Waals surface area contributed by atoms with E-state index in [1.54, 1.807) is 66.7 Å². The summed E-state index contributed by atoms with van der Waals surface area (Å²) in [6, 6.07) is 17.2. The van der Waals surface area contributed by atoms with Crippen molar-refractivity contribution < 1.29 is 33.3 Å². The van der Waals surface area contributed by atoms with Crippen molar-refractivity contribution in [1.82, 2.24) is 0 Å². The number of esters is 3. The van der Waals surface area contributed by atoms with Crippen LogP contribution >= 0.6 is 0 Å². The molecule has 0 bridgehead atoms. The van der Waals surface area contributed by atoms with E-state index in [9.17, 15) is 14.4 Å². The van der Waals surface area contributed by atoms with E-state index in [1.807, 2.05) is 6.07 Å². The van der Waals surface area contributed by atoms with Crippen molar-refractivity contribution in [3.8, 4) is 0 Å². The fraction of sp³-hybridized carbons (Fsp3) is 0.261. The van der Waals surface area contributed by atoms with Gasteiger partial charge in [0.2, 0.25) is 0 Å². The Balaban J connectivity index is 1.52. The van der Waals surface area contributed by atoms with Crippen molar-refractivity contribution in [1.29, 1.82) is 0 Å². The van der Waals surface area contributed by atoms with Gasteiger partial charge in [0.05, 0.1) is 11.1 Å². The first kappa shape index (κ1) is 21.3. The zero-order chi connectivity index (χ0) is 21.4. The van der Waals surface area contributed by atoms with Gasteiger partial charge < -0.3 is 18.9 Å². The van der Waals surface area contributed by atoms with Gasteiger partial charge >= 0.3 is 17.9 Å². The minimum atomic E-state index is -0.948. The summed E-state index contributed by atoms with van der Waals surface area (Å²) in [6.07, 6.45) is 2.90. The third kappa shape index (κ3) is 5.78. The quantitative estimate of drug-likeness (QED) is 0.272. The Morgan fingerprint density at radius 1 is 0.867 bits per heavy atom. The van der Waals surface area contributed by atoms with Gasteiger partial charge in [0.1, 0.15) is 25.9 Å². The van der Waals surface area contributed by atoms with Crippen molar-refractivity contribution >= 4 is 17.9 Å². The lowest BCUT2D eigenvalue weighted by molar-refractivity contribution is -0.143. The largest absolute Gasteiger partial charge is 0.463 e. The van der Waals surface area contributed by atoms with E-state index in [0.29, 0.717) is 11.1 Å². The smallest absolute Gasteiger partial charge is 0.338 e. The van der Waals surface area contributed by atoms with Gasteiger partial charge in [-0.25, -0.2) is 9.59 Å². The van der Waals surface area contributed by atoms with Crippen molar-refractivity contribution in [3.05, 3.63) is 83.9 Å². The van der Waals surface area contributed by atoms with E-state index in [-0.39, 0.29) is 19.8 Å². The number of carbonyl (C=O) groups is 3. The van der Waals surface area contributed by atoms with Crippen LogP contribution in [0.5, 0.6) is 0 Å². The Morgan fingerprint density at radius 3 is 1.97 bits per heavy atom. The third-order valence-electron chi connectivity index (χ3n) is 4.43. The van der Waals surface area contributed by atoms with Crippen molar-refractivity contribution in [2.75, 3.05) is 19.8 Å². The van der Waals surface area contributed by atoms with Crippen LogP contribution in [-0.2, 0) is 23.7 Å². The normalized spacial score (nSPS) is 19.8. The number of hydrogen-bond acceptors (Lipinski definition) is 7. The average molecular weight is 410 g/mol. The molecule has 1 aliphatic rings. The van der Waals surface area contributed by atoms with Gasteiger partial charge in [-0.2, -0.15) is 0 Å². The molecule has 2 aromatic rings. The highest BCUT2D eigenvalue weighted by molar-refractivity contribution is 5.89. The summed E-state index contributed by atoms with van der Waals surface area (Å²) in [5.74, 6) is -1.38. The van der Waals surface area contributed by atoms with Gasteiger partial charge in [-0.1, -0.05) is 42.5 Å². The molecule has 2 aromatic carbocycles. The Bertz CT molecular complexity index is 908. The molecule has 0 radical (unpaired) electrons. The maximum atomic E-state index is 12.2. The van der Waals surface area contributed by atoms with Gasteiger partial charge in [0.15, 0.2) is 5.60 Å².